The molecule has 0 bridgehead atoms. The molecule has 0 atom stereocenters. The first-order valence-electron chi connectivity index (χ1n) is 13.4. The van der Waals surface area contributed by atoms with Crippen LogP contribution in [0.25, 0.3) is 0 Å². The molecule has 5 rings (SSSR count). The summed E-state index contributed by atoms with van der Waals surface area (Å²) in [5.41, 5.74) is 1.89. The summed E-state index contributed by atoms with van der Waals surface area (Å²) in [6.45, 7) is 4.70. The van der Waals surface area contributed by atoms with E-state index in [4.69, 9.17) is 0 Å². The fourth-order valence-corrected chi connectivity index (χ4v) is 5.10. The van der Waals surface area contributed by atoms with Crippen LogP contribution in [0.4, 0.5) is 20.2 Å². The lowest BCUT2D eigenvalue weighted by molar-refractivity contribution is 0.0734. The van der Waals surface area contributed by atoms with Crippen molar-refractivity contribution in [3.63, 3.8) is 0 Å². The van der Waals surface area contributed by atoms with Gasteiger partial charge in [-0.05, 0) is 48.9 Å². The number of hydrogen-bond acceptors (Lipinski definition) is 5. The zero-order chi connectivity index (χ0) is 28.1. The highest BCUT2D eigenvalue weighted by Gasteiger charge is 2.25. The third kappa shape index (κ3) is 6.28. The number of carbonyl (C=O) groups excluding carboxylic acids is 3. The van der Waals surface area contributed by atoms with Crippen molar-refractivity contribution in [3.8, 4) is 0 Å². The summed E-state index contributed by atoms with van der Waals surface area (Å²) in [7, 11) is 0. The number of nitrogens with one attached hydrogen (secondary N) is 2. The third-order valence-electron chi connectivity index (χ3n) is 7.17. The van der Waals surface area contributed by atoms with Gasteiger partial charge in [-0.1, -0.05) is 18.2 Å². The number of benzene rings is 3. The Kier molecular flexibility index (Phi) is 8.35. The highest BCUT2D eigenvalue weighted by atomic mass is 19.1. The monoisotopic (exact) mass is 547 g/mol. The van der Waals surface area contributed by atoms with Crippen LogP contribution in [-0.2, 0) is 0 Å². The molecule has 3 amide bonds. The van der Waals surface area contributed by atoms with Gasteiger partial charge in [0.2, 0.25) is 0 Å². The first-order valence-corrected chi connectivity index (χ1v) is 13.4. The van der Waals surface area contributed by atoms with Gasteiger partial charge in [-0.3, -0.25) is 14.4 Å². The molecule has 40 heavy (non-hydrogen) atoms. The Balaban J connectivity index is 1.41. The Morgan fingerprint density at radius 3 is 2.08 bits per heavy atom. The predicted octanol–water partition coefficient (Wildman–Crippen LogP) is 3.62. The molecule has 3 aromatic carbocycles. The highest BCUT2D eigenvalue weighted by molar-refractivity contribution is 6.07. The van der Waals surface area contributed by atoms with E-state index >= 15 is 0 Å². The highest BCUT2D eigenvalue weighted by Crippen LogP contribution is 2.30. The molecule has 0 aliphatic carbocycles. The van der Waals surface area contributed by atoms with Gasteiger partial charge >= 0.3 is 0 Å². The van der Waals surface area contributed by atoms with Crippen molar-refractivity contribution in [2.24, 2.45) is 0 Å². The summed E-state index contributed by atoms with van der Waals surface area (Å²) in [5.74, 6) is -2.61. The average Bonchev–Trinajstić information content (AvgIpc) is 3.23. The number of hydrogen-bond donors (Lipinski definition) is 2. The SMILES string of the molecule is O=C(Nc1cc(C(=O)N2CCNCC2)ccc1N1CCCN(C(=O)c2ccccc2)CC1)c1cc(F)cc(F)c1. The third-order valence-corrected chi connectivity index (χ3v) is 7.17. The molecule has 2 aliphatic heterocycles. The van der Waals surface area contributed by atoms with Gasteiger partial charge in [0.15, 0.2) is 0 Å². The van der Waals surface area contributed by atoms with E-state index in [2.05, 4.69) is 15.5 Å². The Hall–Kier alpha value is -4.31. The van der Waals surface area contributed by atoms with Gasteiger partial charge in [0, 0.05) is 75.1 Å². The van der Waals surface area contributed by atoms with Crippen LogP contribution in [0.15, 0.2) is 66.7 Å². The standard InChI is InChI=1S/C30H31F2N5O3/c31-24-17-23(18-25(32)20-24)28(38)34-26-19-22(30(40)37-13-9-33-10-14-37)7-8-27(26)35-11-4-12-36(16-15-35)29(39)21-5-2-1-3-6-21/h1-3,5-8,17-20,33H,4,9-16H2,(H,34,38). The maximum Gasteiger partial charge on any atom is 0.255 e. The lowest BCUT2D eigenvalue weighted by Gasteiger charge is -2.29. The average molecular weight is 548 g/mol. The largest absolute Gasteiger partial charge is 0.368 e. The summed E-state index contributed by atoms with van der Waals surface area (Å²) in [6, 6.07) is 16.9. The van der Waals surface area contributed by atoms with Crippen molar-refractivity contribution in [3.05, 3.63) is 95.1 Å². The fraction of sp³-hybridized carbons (Fsp3) is 0.300. The molecule has 2 aliphatic rings. The van der Waals surface area contributed by atoms with E-state index < -0.39 is 17.5 Å². The Labute approximate surface area is 231 Å². The van der Waals surface area contributed by atoms with E-state index in [0.717, 1.165) is 12.1 Å². The molecule has 8 nitrogen and oxygen atoms in total. The first kappa shape index (κ1) is 27.3. The van der Waals surface area contributed by atoms with Gasteiger partial charge in [0.25, 0.3) is 17.7 Å². The zero-order valence-corrected chi connectivity index (χ0v) is 22.0. The number of halogens is 2. The van der Waals surface area contributed by atoms with E-state index in [1.165, 1.54) is 0 Å². The minimum absolute atomic E-state index is 0.0407. The van der Waals surface area contributed by atoms with Crippen LogP contribution in [0.2, 0.25) is 0 Å². The number of rotatable bonds is 5. The number of carbonyl (C=O) groups is 3. The Morgan fingerprint density at radius 2 is 1.35 bits per heavy atom. The van der Waals surface area contributed by atoms with Crippen LogP contribution in [0.5, 0.6) is 0 Å². The molecule has 3 aromatic rings. The molecule has 2 fully saturated rings. The van der Waals surface area contributed by atoms with Gasteiger partial charge in [-0.25, -0.2) is 8.78 Å². The van der Waals surface area contributed by atoms with Crippen LogP contribution in [0.3, 0.4) is 0 Å². The molecule has 208 valence electrons. The van der Waals surface area contributed by atoms with E-state index in [0.29, 0.717) is 87.3 Å². The molecule has 0 radical (unpaired) electrons. The smallest absolute Gasteiger partial charge is 0.255 e. The molecule has 0 aromatic heterocycles. The molecule has 0 spiro atoms. The Morgan fingerprint density at radius 1 is 0.675 bits per heavy atom. The molecular formula is C30H31F2N5O3. The summed E-state index contributed by atoms with van der Waals surface area (Å²) >= 11 is 0. The van der Waals surface area contributed by atoms with E-state index in [1.807, 2.05) is 23.1 Å². The second-order valence-corrected chi connectivity index (χ2v) is 9.89. The minimum atomic E-state index is -0.858. The molecule has 2 N–H and O–H groups in total. The topological polar surface area (TPSA) is 85.0 Å². The molecular weight excluding hydrogens is 516 g/mol. The van der Waals surface area contributed by atoms with Gasteiger partial charge in [-0.2, -0.15) is 0 Å². The van der Waals surface area contributed by atoms with Gasteiger partial charge < -0.3 is 25.3 Å². The molecule has 0 unspecified atom stereocenters. The number of piperazine rings is 1. The number of amides is 3. The van der Waals surface area contributed by atoms with Crippen molar-refractivity contribution in [2.75, 3.05) is 62.6 Å². The first-order chi connectivity index (χ1) is 19.4. The summed E-state index contributed by atoms with van der Waals surface area (Å²) < 4.78 is 27.7. The van der Waals surface area contributed by atoms with Crippen molar-refractivity contribution in [1.82, 2.24) is 15.1 Å². The molecule has 10 heteroatoms. The molecule has 2 saturated heterocycles. The summed E-state index contributed by atoms with van der Waals surface area (Å²) in [5, 5.41) is 6.00. The molecule has 0 saturated carbocycles. The van der Waals surface area contributed by atoms with Crippen molar-refractivity contribution < 1.29 is 23.2 Å². The fourth-order valence-electron chi connectivity index (χ4n) is 5.10. The minimum Gasteiger partial charge on any atom is -0.368 e. The second-order valence-electron chi connectivity index (χ2n) is 9.89. The summed E-state index contributed by atoms with van der Waals surface area (Å²) in [6.07, 6.45) is 0.697. The van der Waals surface area contributed by atoms with Crippen LogP contribution in [-0.4, -0.2) is 79.9 Å². The van der Waals surface area contributed by atoms with Gasteiger partial charge in [-0.15, -0.1) is 0 Å². The van der Waals surface area contributed by atoms with Crippen molar-refractivity contribution in [2.45, 2.75) is 6.42 Å². The van der Waals surface area contributed by atoms with Crippen LogP contribution < -0.4 is 15.5 Å². The number of nitrogens with zero attached hydrogens (tertiary/aromatic N) is 3. The quantitative estimate of drug-likeness (QED) is 0.510. The summed E-state index contributed by atoms with van der Waals surface area (Å²) in [4.78, 5) is 44.9. The second kappa shape index (κ2) is 12.3. The van der Waals surface area contributed by atoms with Gasteiger partial charge in [0.05, 0.1) is 11.4 Å². The molecule has 2 heterocycles. The maximum atomic E-state index is 13.8. The van der Waals surface area contributed by atoms with Crippen molar-refractivity contribution in [1.29, 1.82) is 0 Å². The van der Waals surface area contributed by atoms with Crippen molar-refractivity contribution >= 4 is 29.1 Å². The lowest BCUT2D eigenvalue weighted by atomic mass is 10.1. The van der Waals surface area contributed by atoms with E-state index in [9.17, 15) is 23.2 Å². The maximum absolute atomic E-state index is 13.8. The van der Waals surface area contributed by atoms with Crippen LogP contribution in [0, 0.1) is 11.6 Å². The van der Waals surface area contributed by atoms with Crippen LogP contribution in [0.1, 0.15) is 37.5 Å². The normalized spacial score (nSPS) is 15.9. The lowest BCUT2D eigenvalue weighted by Crippen LogP contribution is -2.46. The Bertz CT molecular complexity index is 1380. The van der Waals surface area contributed by atoms with Gasteiger partial charge in [0.1, 0.15) is 11.6 Å². The van der Waals surface area contributed by atoms with E-state index in [-0.39, 0.29) is 17.4 Å². The number of anilines is 2. The zero-order valence-electron chi connectivity index (χ0n) is 22.0. The van der Waals surface area contributed by atoms with Crippen LogP contribution >= 0.6 is 0 Å². The van der Waals surface area contributed by atoms with E-state index in [1.54, 1.807) is 35.2 Å². The predicted molar refractivity (Wildman–Crippen MR) is 149 cm³/mol.